The Morgan fingerprint density at radius 2 is 1.12 bits per heavy atom. The first-order valence-corrected chi connectivity index (χ1v) is 20.4. The van der Waals surface area contributed by atoms with Crippen molar-refractivity contribution < 1.29 is 68.9 Å². The molecule has 5 aromatic carbocycles. The van der Waals surface area contributed by atoms with E-state index in [-0.39, 0.29) is 33.8 Å². The number of anilines is 1. The zero-order valence-corrected chi connectivity index (χ0v) is 32.5. The van der Waals surface area contributed by atoms with Crippen LogP contribution in [-0.2, 0) is 30.4 Å². The Morgan fingerprint density at radius 3 is 1.58 bits per heavy atom. The van der Waals surface area contributed by atoms with E-state index in [1.807, 2.05) is 0 Å². The molecule has 5 aromatic rings. The smallest absolute Gasteiger partial charge is 0.337 e. The lowest BCUT2D eigenvalue weighted by Crippen LogP contribution is -2.04. The third-order valence-electron chi connectivity index (χ3n) is 8.13. The second-order valence-electron chi connectivity index (χ2n) is 12.0. The molecule has 22 nitrogen and oxygen atoms in total. The van der Waals surface area contributed by atoms with Crippen molar-refractivity contribution in [1.29, 1.82) is 0 Å². The lowest BCUT2D eigenvalue weighted by atomic mass is 10.0. The van der Waals surface area contributed by atoms with Crippen LogP contribution in [-0.4, -0.2) is 71.3 Å². The number of aromatic carboxylic acids is 2. The standard InChI is InChI=1S/C35H27N7O15S3/c1-3-17-13-26(59(52,53)54)30(41-38-22-10-6-4-8-18(22)34(45)46)32(43)20(17)12-16(2)37-40-24-15-25(58(49,50)51)21-14-27(60(55,56)57)31(33(44)28(21)29(24)36)42-39-23-11-7-5-9-19(23)35(47)48/h3-15,43-44H,1,36H2,2H3,(H,45,46)(H,47,48)(H,49,50,51)(H,52,53,54)(H,55,56,57)/b16-12+,40-37?,41-38?,42-39?. The fourth-order valence-electron chi connectivity index (χ4n) is 5.44. The van der Waals surface area contributed by atoms with Crippen LogP contribution >= 0.6 is 0 Å². The molecule has 0 bridgehead atoms. The third kappa shape index (κ3) is 9.04. The number of azo groups is 3. The van der Waals surface area contributed by atoms with Crippen molar-refractivity contribution in [2.75, 3.05) is 5.73 Å². The summed E-state index contributed by atoms with van der Waals surface area (Å²) in [7, 11) is -15.8. The maximum atomic E-state index is 12.6. The van der Waals surface area contributed by atoms with Crippen LogP contribution in [0.15, 0.2) is 124 Å². The topological polar surface area (TPSA) is 378 Å². The molecule has 0 radical (unpaired) electrons. The molecule has 0 atom stereocenters. The van der Waals surface area contributed by atoms with E-state index >= 15 is 0 Å². The fourth-order valence-corrected chi connectivity index (χ4v) is 7.45. The Balaban J connectivity index is 1.71. The van der Waals surface area contributed by atoms with Crippen molar-refractivity contribution in [3.8, 4) is 11.5 Å². The quantitative estimate of drug-likeness (QED) is 0.0320. The summed E-state index contributed by atoms with van der Waals surface area (Å²) in [6.07, 6.45) is 2.15. The van der Waals surface area contributed by atoms with E-state index in [9.17, 15) is 68.9 Å². The van der Waals surface area contributed by atoms with E-state index in [1.54, 1.807) is 0 Å². The largest absolute Gasteiger partial charge is 0.505 e. The summed E-state index contributed by atoms with van der Waals surface area (Å²) in [6.45, 7) is 4.82. The number of hydrogen-bond acceptors (Lipinski definition) is 17. The van der Waals surface area contributed by atoms with E-state index in [4.69, 9.17) is 5.73 Å². The van der Waals surface area contributed by atoms with Gasteiger partial charge in [0.25, 0.3) is 30.4 Å². The molecule has 9 N–H and O–H groups in total. The van der Waals surface area contributed by atoms with Crippen LogP contribution in [0.5, 0.6) is 11.5 Å². The predicted octanol–water partition coefficient (Wildman–Crippen LogP) is 7.59. The predicted molar refractivity (Wildman–Crippen MR) is 211 cm³/mol. The van der Waals surface area contributed by atoms with Crippen LogP contribution in [0.4, 0.5) is 34.1 Å². The number of phenolic OH excluding ortho intramolecular Hbond substituents is 2. The molecular formula is C35H27N7O15S3. The van der Waals surface area contributed by atoms with Crippen molar-refractivity contribution in [2.24, 2.45) is 30.7 Å². The molecule has 310 valence electrons. The van der Waals surface area contributed by atoms with Gasteiger partial charge in [0.1, 0.15) is 43.1 Å². The van der Waals surface area contributed by atoms with Crippen LogP contribution in [0.3, 0.4) is 0 Å². The van der Waals surface area contributed by atoms with Crippen LogP contribution in [0.1, 0.15) is 38.8 Å². The summed E-state index contributed by atoms with van der Waals surface area (Å²) in [6, 6.07) is 12.2. The third-order valence-corrected chi connectivity index (χ3v) is 10.8. The number of benzene rings is 5. The van der Waals surface area contributed by atoms with Gasteiger partial charge in [-0.1, -0.05) is 36.9 Å². The van der Waals surface area contributed by atoms with E-state index in [2.05, 4.69) is 37.3 Å². The van der Waals surface area contributed by atoms with E-state index in [1.165, 1.54) is 49.4 Å². The average molecular weight is 882 g/mol. The van der Waals surface area contributed by atoms with Crippen molar-refractivity contribution in [1.82, 2.24) is 0 Å². The molecule has 0 aliphatic rings. The number of nitrogen functional groups attached to an aromatic ring is 1. The molecule has 0 aliphatic heterocycles. The minimum absolute atomic E-state index is 0.134. The number of fused-ring (bicyclic) bond motifs is 1. The van der Waals surface area contributed by atoms with Crippen LogP contribution < -0.4 is 5.73 Å². The highest BCUT2D eigenvalue weighted by molar-refractivity contribution is 7.86. The second kappa shape index (κ2) is 16.5. The first kappa shape index (κ1) is 43.8. The van der Waals surface area contributed by atoms with Crippen LogP contribution in [0, 0.1) is 0 Å². The number of rotatable bonds is 13. The number of hydrogen-bond donors (Lipinski definition) is 8. The Bertz CT molecular complexity index is 3150. The zero-order valence-electron chi connectivity index (χ0n) is 30.1. The summed E-state index contributed by atoms with van der Waals surface area (Å²) >= 11 is 0. The van der Waals surface area contributed by atoms with Gasteiger partial charge in [-0.3, -0.25) is 13.7 Å². The van der Waals surface area contributed by atoms with Crippen molar-refractivity contribution >= 4 is 99.3 Å². The maximum Gasteiger partial charge on any atom is 0.337 e. The van der Waals surface area contributed by atoms with Gasteiger partial charge in [-0.15, -0.1) is 25.6 Å². The number of nitrogens with zero attached hydrogens (tertiary/aromatic N) is 6. The Labute approximate surface area is 338 Å². The molecule has 0 unspecified atom stereocenters. The Hall–Kier alpha value is -7.29. The average Bonchev–Trinajstić information content (AvgIpc) is 3.16. The number of aromatic hydroxyl groups is 2. The van der Waals surface area contributed by atoms with Gasteiger partial charge in [-0.25, -0.2) is 9.59 Å². The van der Waals surface area contributed by atoms with Gasteiger partial charge in [0.2, 0.25) is 0 Å². The van der Waals surface area contributed by atoms with Crippen LogP contribution in [0.2, 0.25) is 0 Å². The first-order valence-electron chi connectivity index (χ1n) is 16.1. The molecular weight excluding hydrogens is 855 g/mol. The fraction of sp³-hybridized carbons (Fsp3) is 0.0286. The molecule has 0 saturated carbocycles. The van der Waals surface area contributed by atoms with E-state index < -0.39 is 108 Å². The number of allylic oxidation sites excluding steroid dienone is 1. The molecule has 25 heteroatoms. The first-order chi connectivity index (χ1) is 27.9. The summed E-state index contributed by atoms with van der Waals surface area (Å²) in [5, 5.41) is 62.7. The zero-order chi connectivity index (χ0) is 44.5. The number of nitrogens with two attached hydrogens (primary N) is 1. The number of carbonyl (C=O) groups is 2. The summed E-state index contributed by atoms with van der Waals surface area (Å²) in [5.74, 6) is -5.03. The van der Waals surface area contributed by atoms with Crippen molar-refractivity contribution in [2.45, 2.75) is 21.6 Å². The minimum atomic E-state index is -5.37. The van der Waals surface area contributed by atoms with Gasteiger partial charge in [0, 0.05) is 10.9 Å². The summed E-state index contributed by atoms with van der Waals surface area (Å²) in [5.41, 5.74) is 1.28. The van der Waals surface area contributed by atoms with Gasteiger partial charge in [-0.05, 0) is 61.0 Å². The molecule has 0 spiro atoms. The van der Waals surface area contributed by atoms with Gasteiger partial charge >= 0.3 is 11.9 Å². The molecule has 0 heterocycles. The number of carboxylic acid groups (broad SMARTS) is 2. The monoisotopic (exact) mass is 881 g/mol. The van der Waals surface area contributed by atoms with E-state index in [0.717, 1.165) is 24.3 Å². The number of phenols is 2. The summed E-state index contributed by atoms with van der Waals surface area (Å²) in [4.78, 5) is 20.0. The lowest BCUT2D eigenvalue weighted by molar-refractivity contribution is 0.0687. The molecule has 5 rings (SSSR count). The van der Waals surface area contributed by atoms with Gasteiger partial charge < -0.3 is 26.2 Å². The molecule has 0 aromatic heterocycles. The SMILES string of the molecule is C=Cc1cc(S(=O)(=O)O)c(N=Nc2ccccc2C(=O)O)c(O)c1/C=C(\C)N=Nc1cc(S(=O)(=O)O)c2cc(S(=O)(=O)O)c(N=Nc3ccccc3C(=O)O)c(O)c2c1N. The molecule has 0 aliphatic carbocycles. The maximum absolute atomic E-state index is 12.6. The Kier molecular flexibility index (Phi) is 12.1. The highest BCUT2D eigenvalue weighted by Gasteiger charge is 2.29. The van der Waals surface area contributed by atoms with Crippen molar-refractivity contribution in [3.63, 3.8) is 0 Å². The molecule has 0 fully saturated rings. The Morgan fingerprint density at radius 1 is 0.650 bits per heavy atom. The van der Waals surface area contributed by atoms with Gasteiger partial charge in [-0.2, -0.15) is 30.4 Å². The summed E-state index contributed by atoms with van der Waals surface area (Å²) < 4.78 is 105. The van der Waals surface area contributed by atoms with E-state index in [0.29, 0.717) is 12.1 Å². The minimum Gasteiger partial charge on any atom is -0.505 e. The van der Waals surface area contributed by atoms with Crippen molar-refractivity contribution in [3.05, 3.63) is 101 Å². The normalized spacial score (nSPS) is 12.8. The second-order valence-corrected chi connectivity index (χ2v) is 16.2. The highest BCUT2D eigenvalue weighted by Crippen LogP contribution is 2.48. The molecule has 60 heavy (non-hydrogen) atoms. The molecule has 0 amide bonds. The van der Waals surface area contributed by atoms with Gasteiger partial charge in [0.15, 0.2) is 11.5 Å². The van der Waals surface area contributed by atoms with Gasteiger partial charge in [0.05, 0.1) is 27.9 Å². The number of carboxylic acids is 2. The highest BCUT2D eigenvalue weighted by atomic mass is 32.2. The molecule has 0 saturated heterocycles. The van der Waals surface area contributed by atoms with Crippen LogP contribution in [0.25, 0.3) is 22.9 Å². The lowest BCUT2D eigenvalue weighted by Gasteiger charge is -2.14.